The van der Waals surface area contributed by atoms with Gasteiger partial charge in [0.25, 0.3) is 0 Å². The third kappa shape index (κ3) is 2.65. The number of hydrogen-bond acceptors (Lipinski definition) is 3. The van der Waals surface area contributed by atoms with Gasteiger partial charge in [0, 0.05) is 12.1 Å². The third-order valence-electron chi connectivity index (χ3n) is 3.09. The first-order valence-corrected chi connectivity index (χ1v) is 6.38. The molecule has 0 bridgehead atoms. The van der Waals surface area contributed by atoms with Gasteiger partial charge in [-0.3, -0.25) is 4.68 Å². The zero-order valence-corrected chi connectivity index (χ0v) is 11.4. The molecule has 0 fully saturated rings. The Morgan fingerprint density at radius 2 is 2.15 bits per heavy atom. The third-order valence-corrected chi connectivity index (χ3v) is 3.09. The minimum atomic E-state index is -0.838. The monoisotopic (exact) mass is 281 g/mol. The summed E-state index contributed by atoms with van der Waals surface area (Å²) in [6.45, 7) is 2.62. The maximum absolute atomic E-state index is 13.8. The molecule has 1 unspecified atom stereocenters. The van der Waals surface area contributed by atoms with Gasteiger partial charge < -0.3 is 10.5 Å². The van der Waals surface area contributed by atoms with E-state index >= 15 is 0 Å². The van der Waals surface area contributed by atoms with Gasteiger partial charge >= 0.3 is 0 Å². The van der Waals surface area contributed by atoms with Gasteiger partial charge in [-0.2, -0.15) is 5.10 Å². The number of hydrogen-bond donors (Lipinski definition) is 1. The van der Waals surface area contributed by atoms with Gasteiger partial charge in [0.1, 0.15) is 17.3 Å². The number of nitrogens with two attached hydrogens (primary N) is 1. The summed E-state index contributed by atoms with van der Waals surface area (Å²) < 4.78 is 34.0. The number of aromatic nitrogens is 2. The van der Waals surface area contributed by atoms with Crippen molar-refractivity contribution in [1.29, 1.82) is 0 Å². The minimum Gasteiger partial charge on any atom is -0.493 e. The van der Waals surface area contributed by atoms with E-state index in [2.05, 4.69) is 5.10 Å². The highest BCUT2D eigenvalue weighted by molar-refractivity contribution is 5.36. The van der Waals surface area contributed by atoms with E-state index in [-0.39, 0.29) is 5.56 Å². The highest BCUT2D eigenvalue weighted by atomic mass is 19.1. The van der Waals surface area contributed by atoms with Gasteiger partial charge in [-0.1, -0.05) is 6.92 Å². The molecule has 0 saturated carbocycles. The zero-order valence-electron chi connectivity index (χ0n) is 11.4. The van der Waals surface area contributed by atoms with Crippen molar-refractivity contribution >= 4 is 0 Å². The molecule has 1 aromatic carbocycles. The molecule has 0 radical (unpaired) electrons. The Labute approximate surface area is 116 Å². The van der Waals surface area contributed by atoms with E-state index in [4.69, 9.17) is 10.5 Å². The Morgan fingerprint density at radius 1 is 1.40 bits per heavy atom. The van der Waals surface area contributed by atoms with Crippen LogP contribution in [-0.2, 0) is 6.54 Å². The Bertz CT molecular complexity index is 598. The van der Waals surface area contributed by atoms with Gasteiger partial charge in [0.15, 0.2) is 5.75 Å². The van der Waals surface area contributed by atoms with Crippen LogP contribution in [0.5, 0.6) is 5.75 Å². The van der Waals surface area contributed by atoms with Crippen molar-refractivity contribution in [2.45, 2.75) is 25.9 Å². The number of benzene rings is 1. The predicted molar refractivity (Wildman–Crippen MR) is 71.5 cm³/mol. The van der Waals surface area contributed by atoms with Crippen LogP contribution < -0.4 is 10.5 Å². The standard InChI is InChI=1S/C14H17F2N3O/c1-3-6-19-14(12(20-2)8-18-19)13(17)10-7-9(15)4-5-11(10)16/h4-5,7-8,13H,3,6,17H2,1-2H3. The van der Waals surface area contributed by atoms with Crippen LogP contribution >= 0.6 is 0 Å². The summed E-state index contributed by atoms with van der Waals surface area (Å²) in [5.41, 5.74) is 6.72. The summed E-state index contributed by atoms with van der Waals surface area (Å²) in [5, 5.41) is 4.17. The van der Waals surface area contributed by atoms with Crippen molar-refractivity contribution in [1.82, 2.24) is 9.78 Å². The molecular formula is C14H17F2N3O. The molecule has 0 aliphatic heterocycles. The molecule has 1 aromatic heterocycles. The van der Waals surface area contributed by atoms with Crippen molar-refractivity contribution in [3.8, 4) is 5.75 Å². The predicted octanol–water partition coefficient (Wildman–Crippen LogP) is 2.63. The number of methoxy groups -OCH3 is 1. The average molecular weight is 281 g/mol. The van der Waals surface area contributed by atoms with Crippen LogP contribution in [0, 0.1) is 11.6 Å². The van der Waals surface area contributed by atoms with E-state index in [0.29, 0.717) is 18.0 Å². The first-order chi connectivity index (χ1) is 9.58. The highest BCUT2D eigenvalue weighted by Gasteiger charge is 2.23. The van der Waals surface area contributed by atoms with E-state index in [1.54, 1.807) is 4.68 Å². The Hall–Kier alpha value is -1.95. The molecule has 108 valence electrons. The molecule has 1 heterocycles. The first kappa shape index (κ1) is 14.5. The summed E-state index contributed by atoms with van der Waals surface area (Å²) in [6, 6.07) is 2.39. The van der Waals surface area contributed by atoms with Crippen LogP contribution in [0.2, 0.25) is 0 Å². The SMILES string of the molecule is CCCn1ncc(OC)c1C(N)c1cc(F)ccc1F. The lowest BCUT2D eigenvalue weighted by Gasteiger charge is -2.16. The van der Waals surface area contributed by atoms with E-state index in [1.165, 1.54) is 13.3 Å². The van der Waals surface area contributed by atoms with E-state index in [9.17, 15) is 8.78 Å². The summed E-state index contributed by atoms with van der Waals surface area (Å²) >= 11 is 0. The fourth-order valence-electron chi connectivity index (χ4n) is 2.14. The second-order valence-corrected chi connectivity index (χ2v) is 4.46. The van der Waals surface area contributed by atoms with E-state index < -0.39 is 17.7 Å². The number of ether oxygens (including phenoxy) is 1. The smallest absolute Gasteiger partial charge is 0.161 e. The summed E-state index contributed by atoms with van der Waals surface area (Å²) in [4.78, 5) is 0. The van der Waals surface area contributed by atoms with Gasteiger partial charge in [0.05, 0.1) is 19.3 Å². The van der Waals surface area contributed by atoms with Crippen molar-refractivity contribution in [3.05, 3.63) is 47.3 Å². The first-order valence-electron chi connectivity index (χ1n) is 6.38. The second-order valence-electron chi connectivity index (χ2n) is 4.46. The lowest BCUT2D eigenvalue weighted by atomic mass is 10.0. The van der Waals surface area contributed by atoms with Crippen LogP contribution in [0.15, 0.2) is 24.4 Å². The zero-order chi connectivity index (χ0) is 14.7. The normalized spacial score (nSPS) is 12.4. The van der Waals surface area contributed by atoms with Crippen molar-refractivity contribution < 1.29 is 13.5 Å². The Morgan fingerprint density at radius 3 is 2.80 bits per heavy atom. The van der Waals surface area contributed by atoms with Gasteiger partial charge in [0.2, 0.25) is 0 Å². The van der Waals surface area contributed by atoms with Crippen molar-refractivity contribution in [3.63, 3.8) is 0 Å². The topological polar surface area (TPSA) is 53.1 Å². The van der Waals surface area contributed by atoms with Gasteiger partial charge in [-0.25, -0.2) is 8.78 Å². The average Bonchev–Trinajstić information content (AvgIpc) is 2.84. The molecule has 0 aliphatic rings. The summed E-state index contributed by atoms with van der Waals surface area (Å²) in [6.07, 6.45) is 2.37. The van der Waals surface area contributed by atoms with Crippen LogP contribution in [0.1, 0.15) is 30.6 Å². The number of aryl methyl sites for hydroxylation is 1. The van der Waals surface area contributed by atoms with Crippen LogP contribution in [0.3, 0.4) is 0 Å². The molecule has 0 aliphatic carbocycles. The molecule has 4 nitrogen and oxygen atoms in total. The molecule has 6 heteroatoms. The van der Waals surface area contributed by atoms with Gasteiger partial charge in [-0.05, 0) is 24.6 Å². The number of halogens is 2. The molecule has 2 N–H and O–H groups in total. The lowest BCUT2D eigenvalue weighted by molar-refractivity contribution is 0.403. The summed E-state index contributed by atoms with van der Waals surface area (Å²) in [5.74, 6) is -0.614. The van der Waals surface area contributed by atoms with Crippen molar-refractivity contribution in [2.75, 3.05) is 7.11 Å². The maximum Gasteiger partial charge on any atom is 0.161 e. The van der Waals surface area contributed by atoms with Crippen molar-refractivity contribution in [2.24, 2.45) is 5.73 Å². The largest absolute Gasteiger partial charge is 0.493 e. The van der Waals surface area contributed by atoms with Gasteiger partial charge in [-0.15, -0.1) is 0 Å². The van der Waals surface area contributed by atoms with E-state index in [1.807, 2.05) is 6.92 Å². The van der Waals surface area contributed by atoms with Crippen LogP contribution in [0.4, 0.5) is 8.78 Å². The van der Waals surface area contributed by atoms with Crippen LogP contribution in [0.25, 0.3) is 0 Å². The molecule has 20 heavy (non-hydrogen) atoms. The second kappa shape index (κ2) is 6.00. The van der Waals surface area contributed by atoms with E-state index in [0.717, 1.165) is 24.6 Å². The number of rotatable bonds is 5. The Balaban J connectivity index is 2.48. The molecule has 0 spiro atoms. The fourth-order valence-corrected chi connectivity index (χ4v) is 2.14. The van der Waals surface area contributed by atoms with Crippen LogP contribution in [-0.4, -0.2) is 16.9 Å². The minimum absolute atomic E-state index is 0.0844. The fraction of sp³-hybridized carbons (Fsp3) is 0.357. The lowest BCUT2D eigenvalue weighted by Crippen LogP contribution is -2.19. The molecule has 1 atom stereocenters. The quantitative estimate of drug-likeness (QED) is 0.916. The molecule has 0 saturated heterocycles. The highest BCUT2D eigenvalue weighted by Crippen LogP contribution is 2.30. The molecular weight excluding hydrogens is 264 g/mol. The maximum atomic E-state index is 13.8. The molecule has 0 amide bonds. The molecule has 2 aromatic rings. The summed E-state index contributed by atoms with van der Waals surface area (Å²) in [7, 11) is 1.49. The molecule has 2 rings (SSSR count). The Kier molecular flexibility index (Phi) is 4.34. The number of nitrogens with zero attached hydrogens (tertiary/aromatic N) is 2.